The highest BCUT2D eigenvalue weighted by Crippen LogP contribution is 2.22. The first-order valence-electron chi connectivity index (χ1n) is 3.89. The molecule has 0 saturated carbocycles. The molecule has 0 aromatic heterocycles. The number of rotatable bonds is 2. The number of aryl methyl sites for hydroxylation is 2. The molecule has 0 aliphatic rings. The summed E-state index contributed by atoms with van der Waals surface area (Å²) in [5, 5.41) is 9.89. The van der Waals surface area contributed by atoms with E-state index in [-0.39, 0.29) is 5.69 Å². The standard InChI is InChI=1S/C9H8ClNO3/c1-5-3-7(11(13)14)4-6(2)8(5)9(10)12/h3-4H,1-2H3. The lowest BCUT2D eigenvalue weighted by molar-refractivity contribution is -0.384. The summed E-state index contributed by atoms with van der Waals surface area (Å²) in [4.78, 5) is 20.9. The van der Waals surface area contributed by atoms with Crippen molar-refractivity contribution in [2.24, 2.45) is 0 Å². The van der Waals surface area contributed by atoms with Gasteiger partial charge in [-0.25, -0.2) is 0 Å². The number of hydrogen-bond acceptors (Lipinski definition) is 3. The Kier molecular flexibility index (Phi) is 2.86. The average molecular weight is 214 g/mol. The minimum absolute atomic E-state index is 0.0262. The number of nitrogens with zero attached hydrogens (tertiary/aromatic N) is 1. The fourth-order valence-corrected chi connectivity index (χ4v) is 1.65. The molecular formula is C9H8ClNO3. The molecule has 0 heterocycles. The Hall–Kier alpha value is -1.42. The maximum atomic E-state index is 11.0. The summed E-state index contributed by atoms with van der Waals surface area (Å²) in [6, 6.07) is 2.67. The summed E-state index contributed by atoms with van der Waals surface area (Å²) in [6.07, 6.45) is 0. The van der Waals surface area contributed by atoms with Gasteiger partial charge in [0, 0.05) is 17.7 Å². The van der Waals surface area contributed by atoms with Gasteiger partial charge in [0.05, 0.1) is 4.92 Å². The molecular weight excluding hydrogens is 206 g/mol. The summed E-state index contributed by atoms with van der Waals surface area (Å²) in [5.74, 6) is 0. The third kappa shape index (κ3) is 1.90. The van der Waals surface area contributed by atoms with Crippen molar-refractivity contribution in [1.29, 1.82) is 0 Å². The Morgan fingerprint density at radius 2 is 1.79 bits per heavy atom. The summed E-state index contributed by atoms with van der Waals surface area (Å²) in [7, 11) is 0. The molecule has 0 N–H and O–H groups in total. The highest BCUT2D eigenvalue weighted by molar-refractivity contribution is 6.68. The minimum Gasteiger partial charge on any atom is -0.276 e. The molecule has 0 amide bonds. The number of nitro benzene ring substituents is 1. The minimum atomic E-state index is -0.588. The SMILES string of the molecule is Cc1cc([N+](=O)[O-])cc(C)c1C(=O)Cl. The van der Waals surface area contributed by atoms with Gasteiger partial charge in [-0.15, -0.1) is 0 Å². The van der Waals surface area contributed by atoms with Crippen molar-refractivity contribution < 1.29 is 9.72 Å². The van der Waals surface area contributed by atoms with Crippen LogP contribution in [0.3, 0.4) is 0 Å². The Labute approximate surface area is 85.6 Å². The van der Waals surface area contributed by atoms with E-state index in [4.69, 9.17) is 11.6 Å². The van der Waals surface area contributed by atoms with Crippen molar-refractivity contribution in [2.75, 3.05) is 0 Å². The number of halogens is 1. The molecule has 0 spiro atoms. The van der Waals surface area contributed by atoms with Crippen LogP contribution in [0.1, 0.15) is 21.5 Å². The summed E-state index contributed by atoms with van der Waals surface area (Å²) < 4.78 is 0. The van der Waals surface area contributed by atoms with E-state index in [2.05, 4.69) is 0 Å². The van der Waals surface area contributed by atoms with E-state index >= 15 is 0 Å². The molecule has 0 atom stereocenters. The summed E-state index contributed by atoms with van der Waals surface area (Å²) in [6.45, 7) is 3.24. The maximum absolute atomic E-state index is 11.0. The molecule has 0 aliphatic carbocycles. The third-order valence-corrected chi connectivity index (χ3v) is 2.11. The number of non-ortho nitro benzene ring substituents is 1. The van der Waals surface area contributed by atoms with Crippen molar-refractivity contribution in [3.05, 3.63) is 38.9 Å². The van der Waals surface area contributed by atoms with Gasteiger partial charge in [0.2, 0.25) is 0 Å². The van der Waals surface area contributed by atoms with Gasteiger partial charge < -0.3 is 0 Å². The zero-order chi connectivity index (χ0) is 10.9. The van der Waals surface area contributed by atoms with E-state index in [1.165, 1.54) is 12.1 Å². The van der Waals surface area contributed by atoms with Crippen LogP contribution < -0.4 is 0 Å². The van der Waals surface area contributed by atoms with Crippen LogP contribution in [0.4, 0.5) is 5.69 Å². The van der Waals surface area contributed by atoms with Gasteiger partial charge in [-0.05, 0) is 36.6 Å². The molecule has 0 radical (unpaired) electrons. The fraction of sp³-hybridized carbons (Fsp3) is 0.222. The molecule has 0 aliphatic heterocycles. The second kappa shape index (κ2) is 3.75. The Bertz CT molecular complexity index is 392. The van der Waals surface area contributed by atoms with Gasteiger partial charge in [-0.2, -0.15) is 0 Å². The second-order valence-electron chi connectivity index (χ2n) is 2.99. The largest absolute Gasteiger partial charge is 0.276 e. The summed E-state index contributed by atoms with van der Waals surface area (Å²) in [5.41, 5.74) is 1.37. The summed E-state index contributed by atoms with van der Waals surface area (Å²) >= 11 is 5.34. The van der Waals surface area contributed by atoms with Gasteiger partial charge in [0.1, 0.15) is 0 Å². The number of carbonyl (C=O) groups is 1. The number of hydrogen-bond donors (Lipinski definition) is 0. The van der Waals surface area contributed by atoms with Crippen molar-refractivity contribution in [2.45, 2.75) is 13.8 Å². The lowest BCUT2D eigenvalue weighted by Gasteiger charge is -2.04. The van der Waals surface area contributed by atoms with Crippen LogP contribution in [-0.2, 0) is 0 Å². The molecule has 74 valence electrons. The zero-order valence-corrected chi connectivity index (χ0v) is 8.46. The number of nitro groups is 1. The highest BCUT2D eigenvalue weighted by Gasteiger charge is 2.15. The topological polar surface area (TPSA) is 60.2 Å². The monoisotopic (exact) mass is 213 g/mol. The van der Waals surface area contributed by atoms with Crippen LogP contribution in [0.2, 0.25) is 0 Å². The molecule has 0 saturated heterocycles. The van der Waals surface area contributed by atoms with Crippen molar-refractivity contribution in [1.82, 2.24) is 0 Å². The Balaban J connectivity index is 3.39. The smallest absolute Gasteiger partial charge is 0.270 e. The van der Waals surface area contributed by atoms with Crippen LogP contribution in [0, 0.1) is 24.0 Å². The Morgan fingerprint density at radius 1 is 1.36 bits per heavy atom. The lowest BCUT2D eigenvalue weighted by Crippen LogP contribution is -1.99. The number of benzene rings is 1. The fourth-order valence-electron chi connectivity index (χ4n) is 1.36. The molecule has 0 unspecified atom stereocenters. The first-order valence-corrected chi connectivity index (χ1v) is 4.26. The third-order valence-electron chi connectivity index (χ3n) is 1.92. The maximum Gasteiger partial charge on any atom is 0.270 e. The molecule has 1 aromatic rings. The van der Waals surface area contributed by atoms with Crippen LogP contribution >= 0.6 is 11.6 Å². The quantitative estimate of drug-likeness (QED) is 0.431. The van der Waals surface area contributed by atoms with Gasteiger partial charge in [0.25, 0.3) is 10.9 Å². The molecule has 0 bridgehead atoms. The normalized spacial score (nSPS) is 9.93. The van der Waals surface area contributed by atoms with Crippen LogP contribution in [-0.4, -0.2) is 10.2 Å². The van der Waals surface area contributed by atoms with Gasteiger partial charge in [-0.3, -0.25) is 14.9 Å². The van der Waals surface area contributed by atoms with E-state index in [0.29, 0.717) is 16.7 Å². The Morgan fingerprint density at radius 3 is 2.07 bits per heavy atom. The first-order chi connectivity index (χ1) is 6.43. The van der Waals surface area contributed by atoms with Gasteiger partial charge in [0.15, 0.2) is 0 Å². The first kappa shape index (κ1) is 10.7. The van der Waals surface area contributed by atoms with Crippen molar-refractivity contribution in [3.8, 4) is 0 Å². The average Bonchev–Trinajstić information content (AvgIpc) is 2.01. The van der Waals surface area contributed by atoms with E-state index in [0.717, 1.165) is 0 Å². The number of carbonyl (C=O) groups excluding carboxylic acids is 1. The van der Waals surface area contributed by atoms with Gasteiger partial charge >= 0.3 is 0 Å². The second-order valence-corrected chi connectivity index (χ2v) is 3.33. The lowest BCUT2D eigenvalue weighted by atomic mass is 10.0. The predicted octanol–water partition coefficient (Wildman–Crippen LogP) is 2.59. The molecule has 0 fully saturated rings. The van der Waals surface area contributed by atoms with Crippen molar-refractivity contribution in [3.63, 3.8) is 0 Å². The molecule has 5 heteroatoms. The van der Waals surface area contributed by atoms with Gasteiger partial charge in [-0.1, -0.05) is 0 Å². The van der Waals surface area contributed by atoms with E-state index in [1.807, 2.05) is 0 Å². The molecule has 4 nitrogen and oxygen atoms in total. The molecule has 1 aromatic carbocycles. The van der Waals surface area contributed by atoms with E-state index in [9.17, 15) is 14.9 Å². The van der Waals surface area contributed by atoms with E-state index < -0.39 is 10.2 Å². The molecule has 1 rings (SSSR count). The van der Waals surface area contributed by atoms with Crippen molar-refractivity contribution >= 4 is 22.5 Å². The van der Waals surface area contributed by atoms with Crippen LogP contribution in [0.25, 0.3) is 0 Å². The highest BCUT2D eigenvalue weighted by atomic mass is 35.5. The van der Waals surface area contributed by atoms with Crippen LogP contribution in [0.15, 0.2) is 12.1 Å². The predicted molar refractivity (Wildman–Crippen MR) is 52.8 cm³/mol. The van der Waals surface area contributed by atoms with Crippen LogP contribution in [0.5, 0.6) is 0 Å². The molecule has 14 heavy (non-hydrogen) atoms. The van der Waals surface area contributed by atoms with E-state index in [1.54, 1.807) is 13.8 Å². The zero-order valence-electron chi connectivity index (χ0n) is 7.70.